The highest BCUT2D eigenvalue weighted by atomic mass is 35.5. The molecule has 1 N–H and O–H groups in total. The van der Waals surface area contributed by atoms with E-state index in [1.807, 2.05) is 24.3 Å². The molecule has 5 rings (SSSR count). The third-order valence-corrected chi connectivity index (χ3v) is 7.58. The average Bonchev–Trinajstić information content (AvgIpc) is 3.51. The highest BCUT2D eigenvalue weighted by Crippen LogP contribution is 2.29. The minimum absolute atomic E-state index is 0.153. The lowest BCUT2D eigenvalue weighted by Gasteiger charge is -2.07. The monoisotopic (exact) mass is 591 g/mol. The Balaban J connectivity index is 1.67. The number of amides is 1. The number of benzene rings is 3. The fourth-order valence-electron chi connectivity index (χ4n) is 3.80. The van der Waals surface area contributed by atoms with Crippen LogP contribution in [0.2, 0.25) is 15.1 Å². The molecule has 2 aromatic heterocycles. The van der Waals surface area contributed by atoms with Gasteiger partial charge in [0.05, 0.1) is 26.0 Å². The summed E-state index contributed by atoms with van der Waals surface area (Å²) in [6, 6.07) is 26.0. The number of carbonyl (C=O) groups excluding carboxylic acids is 1. The summed E-state index contributed by atoms with van der Waals surface area (Å²) in [6.45, 7) is 0. The van der Waals surface area contributed by atoms with Crippen LogP contribution in [0.5, 0.6) is 0 Å². The van der Waals surface area contributed by atoms with Crippen molar-refractivity contribution in [2.75, 3.05) is 5.32 Å². The van der Waals surface area contributed by atoms with Crippen LogP contribution in [0.15, 0.2) is 94.1 Å². The number of nitrogens with zero attached hydrogens (tertiary/aromatic N) is 2. The van der Waals surface area contributed by atoms with E-state index in [1.165, 1.54) is 16.7 Å². The molecular formula is C29H16Cl3N3O3S. The highest BCUT2D eigenvalue weighted by Gasteiger charge is 2.18. The van der Waals surface area contributed by atoms with E-state index < -0.39 is 11.5 Å². The zero-order chi connectivity index (χ0) is 27.5. The summed E-state index contributed by atoms with van der Waals surface area (Å²) in [5.41, 5.74) is 0.808. The number of hydrogen-bond donors (Lipinski definition) is 1. The van der Waals surface area contributed by atoms with Crippen molar-refractivity contribution in [2.24, 2.45) is 0 Å². The Morgan fingerprint density at radius 1 is 0.949 bits per heavy atom. The van der Waals surface area contributed by atoms with E-state index >= 15 is 0 Å². The number of furan rings is 1. The Kier molecular flexibility index (Phi) is 7.73. The van der Waals surface area contributed by atoms with Crippen molar-refractivity contribution in [1.82, 2.24) is 4.57 Å². The second-order valence-electron chi connectivity index (χ2n) is 8.14. The van der Waals surface area contributed by atoms with Crippen LogP contribution in [-0.2, 0) is 4.79 Å². The van der Waals surface area contributed by atoms with E-state index in [2.05, 4.69) is 5.32 Å². The lowest BCUT2D eigenvalue weighted by molar-refractivity contribution is -0.111. The molecule has 192 valence electrons. The van der Waals surface area contributed by atoms with Crippen molar-refractivity contribution < 1.29 is 9.21 Å². The molecule has 5 aromatic rings. The van der Waals surface area contributed by atoms with Gasteiger partial charge < -0.3 is 9.73 Å². The van der Waals surface area contributed by atoms with Gasteiger partial charge in [-0.3, -0.25) is 14.2 Å². The Hall–Kier alpha value is -4.06. The SMILES string of the molecule is N#C/C(C(=O)Nc1ccc(Cl)cc1Cl)=c1\s/c(=C/c2ccc(-c3ccccc3Cl)o2)c(=O)n1-c1ccccc1. The van der Waals surface area contributed by atoms with Gasteiger partial charge in [-0.25, -0.2) is 0 Å². The van der Waals surface area contributed by atoms with Gasteiger partial charge in [-0.15, -0.1) is 11.3 Å². The summed E-state index contributed by atoms with van der Waals surface area (Å²) in [4.78, 5) is 26.8. The van der Waals surface area contributed by atoms with Crippen molar-refractivity contribution in [3.05, 3.63) is 125 Å². The maximum atomic E-state index is 13.6. The molecule has 0 fully saturated rings. The number of rotatable bonds is 5. The smallest absolute Gasteiger partial charge is 0.273 e. The van der Waals surface area contributed by atoms with E-state index in [0.717, 1.165) is 11.3 Å². The van der Waals surface area contributed by atoms with Crippen molar-refractivity contribution in [3.63, 3.8) is 0 Å². The van der Waals surface area contributed by atoms with Crippen molar-refractivity contribution >= 4 is 69.4 Å². The zero-order valence-corrected chi connectivity index (χ0v) is 22.9. The maximum Gasteiger partial charge on any atom is 0.273 e. The first-order valence-corrected chi connectivity index (χ1v) is 13.4. The molecular weight excluding hydrogens is 577 g/mol. The van der Waals surface area contributed by atoms with Gasteiger partial charge in [-0.05, 0) is 54.6 Å². The third kappa shape index (κ3) is 5.56. The highest BCUT2D eigenvalue weighted by molar-refractivity contribution is 7.07. The van der Waals surface area contributed by atoms with Gasteiger partial charge in [0, 0.05) is 16.7 Å². The molecule has 0 aliphatic rings. The zero-order valence-electron chi connectivity index (χ0n) is 19.8. The molecule has 3 aromatic carbocycles. The largest absolute Gasteiger partial charge is 0.457 e. The summed E-state index contributed by atoms with van der Waals surface area (Å²) in [7, 11) is 0. The number of carbonyl (C=O) groups is 1. The lowest BCUT2D eigenvalue weighted by Crippen LogP contribution is -2.32. The van der Waals surface area contributed by atoms with Crippen LogP contribution in [0, 0.1) is 11.3 Å². The molecule has 0 saturated heterocycles. The maximum absolute atomic E-state index is 13.6. The fourth-order valence-corrected chi connectivity index (χ4v) is 5.56. The Labute approximate surface area is 241 Å². The number of thiazole rings is 1. The number of nitriles is 1. The molecule has 0 atom stereocenters. The number of nitrogens with one attached hydrogen (secondary N) is 1. The standard InChI is InChI=1S/C29H16Cl3N3O3S/c30-17-10-12-24(23(32)14-17)34-27(36)21(16-33)29-35(18-6-2-1-3-7-18)28(37)26(39-29)15-19-11-13-25(38-19)20-8-4-5-9-22(20)31/h1-15H,(H,34,36)/b26-15+,29-21+. The predicted molar refractivity (Wildman–Crippen MR) is 156 cm³/mol. The van der Waals surface area contributed by atoms with Crippen LogP contribution < -0.4 is 20.1 Å². The first kappa shape index (κ1) is 26.5. The normalized spacial score (nSPS) is 12.2. The second kappa shape index (κ2) is 11.4. The first-order valence-electron chi connectivity index (χ1n) is 11.4. The number of hydrogen-bond acceptors (Lipinski definition) is 5. The first-order chi connectivity index (χ1) is 18.9. The van der Waals surface area contributed by atoms with Gasteiger partial charge in [0.25, 0.3) is 11.5 Å². The number of para-hydroxylation sites is 1. The molecule has 10 heteroatoms. The summed E-state index contributed by atoms with van der Waals surface area (Å²) >= 11 is 19.4. The minimum Gasteiger partial charge on any atom is -0.457 e. The minimum atomic E-state index is -0.724. The van der Waals surface area contributed by atoms with Gasteiger partial charge in [0.2, 0.25) is 0 Å². The van der Waals surface area contributed by atoms with E-state index in [4.69, 9.17) is 39.2 Å². The summed E-state index contributed by atoms with van der Waals surface area (Å²) in [6.07, 6.45) is 1.57. The molecule has 39 heavy (non-hydrogen) atoms. The predicted octanol–water partition coefficient (Wildman–Crippen LogP) is 6.26. The molecule has 1 amide bonds. The van der Waals surface area contributed by atoms with Crippen LogP contribution in [-0.4, -0.2) is 10.5 Å². The number of aromatic nitrogens is 1. The topological polar surface area (TPSA) is 88.0 Å². The average molecular weight is 593 g/mol. The Morgan fingerprint density at radius 3 is 2.41 bits per heavy atom. The molecule has 6 nitrogen and oxygen atoms in total. The summed E-state index contributed by atoms with van der Waals surface area (Å²) < 4.78 is 7.69. The van der Waals surface area contributed by atoms with Crippen molar-refractivity contribution in [1.29, 1.82) is 5.26 Å². The van der Waals surface area contributed by atoms with Gasteiger partial charge in [0.15, 0.2) is 5.57 Å². The number of anilines is 1. The van der Waals surface area contributed by atoms with Gasteiger partial charge in [-0.2, -0.15) is 5.26 Å². The molecule has 0 unspecified atom stereocenters. The molecule has 0 saturated carbocycles. The van der Waals surface area contributed by atoms with Gasteiger partial charge in [-0.1, -0.05) is 65.1 Å². The fraction of sp³-hybridized carbons (Fsp3) is 0. The van der Waals surface area contributed by atoms with E-state index in [9.17, 15) is 14.9 Å². The van der Waals surface area contributed by atoms with E-state index in [-0.39, 0.29) is 25.5 Å². The quantitative estimate of drug-likeness (QED) is 0.261. The molecule has 0 radical (unpaired) electrons. The molecule has 0 aliphatic heterocycles. The Bertz CT molecular complexity index is 1940. The molecule has 0 spiro atoms. The van der Waals surface area contributed by atoms with Gasteiger partial charge >= 0.3 is 0 Å². The lowest BCUT2D eigenvalue weighted by atomic mass is 10.2. The van der Waals surface area contributed by atoms with Crippen molar-refractivity contribution in [3.8, 4) is 23.1 Å². The van der Waals surface area contributed by atoms with E-state index in [1.54, 1.807) is 60.7 Å². The number of halogens is 3. The van der Waals surface area contributed by atoms with Crippen molar-refractivity contribution in [2.45, 2.75) is 0 Å². The summed E-state index contributed by atoms with van der Waals surface area (Å²) in [5, 5.41) is 13.8. The Morgan fingerprint density at radius 2 is 1.69 bits per heavy atom. The molecule has 0 aliphatic carbocycles. The molecule has 2 heterocycles. The van der Waals surface area contributed by atoms with Gasteiger partial charge in [0.1, 0.15) is 22.3 Å². The van der Waals surface area contributed by atoms with Crippen LogP contribution in [0.25, 0.3) is 28.7 Å². The second-order valence-corrected chi connectivity index (χ2v) is 10.4. The van der Waals surface area contributed by atoms with Crippen LogP contribution in [0.1, 0.15) is 5.76 Å². The third-order valence-electron chi connectivity index (χ3n) is 5.61. The van der Waals surface area contributed by atoms with Crippen LogP contribution in [0.3, 0.4) is 0 Å². The van der Waals surface area contributed by atoms with Crippen LogP contribution >= 0.6 is 46.1 Å². The van der Waals surface area contributed by atoms with E-state index in [0.29, 0.717) is 32.8 Å². The molecule has 0 bridgehead atoms. The summed E-state index contributed by atoms with van der Waals surface area (Å²) in [5.74, 6) is 0.222. The van der Waals surface area contributed by atoms with Crippen LogP contribution in [0.4, 0.5) is 5.69 Å².